The number of aromatic nitrogens is 1. The van der Waals surface area contributed by atoms with Crippen LogP contribution < -0.4 is 16.0 Å². The third-order valence-corrected chi connectivity index (χ3v) is 2.92. The van der Waals surface area contributed by atoms with Crippen molar-refractivity contribution < 1.29 is 9.59 Å². The van der Waals surface area contributed by atoms with E-state index in [1.54, 1.807) is 36.5 Å². The van der Waals surface area contributed by atoms with Crippen molar-refractivity contribution in [3.63, 3.8) is 0 Å². The Morgan fingerprint density at radius 2 is 1.67 bits per heavy atom. The Labute approximate surface area is 141 Å². The molecule has 6 heteroatoms. The molecule has 3 amide bonds. The van der Waals surface area contributed by atoms with Crippen molar-refractivity contribution in [2.45, 2.75) is 19.9 Å². The van der Waals surface area contributed by atoms with Crippen molar-refractivity contribution in [1.82, 2.24) is 10.3 Å². The predicted octanol–water partition coefficient (Wildman–Crippen LogP) is 3.26. The van der Waals surface area contributed by atoms with Crippen LogP contribution in [0.3, 0.4) is 0 Å². The zero-order valence-electron chi connectivity index (χ0n) is 13.6. The summed E-state index contributed by atoms with van der Waals surface area (Å²) in [5.74, 6) is -0.251. The maximum absolute atomic E-state index is 11.9. The van der Waals surface area contributed by atoms with Gasteiger partial charge in [0, 0.05) is 29.7 Å². The number of anilines is 2. The van der Waals surface area contributed by atoms with Crippen LogP contribution in [0.5, 0.6) is 0 Å². The predicted molar refractivity (Wildman–Crippen MR) is 95.6 cm³/mol. The summed E-state index contributed by atoms with van der Waals surface area (Å²) in [5, 5.41) is 8.19. The summed E-state index contributed by atoms with van der Waals surface area (Å²) in [5.41, 5.74) is 2.00. The van der Waals surface area contributed by atoms with Crippen LogP contribution >= 0.6 is 0 Å². The maximum atomic E-state index is 11.9. The van der Waals surface area contributed by atoms with Crippen LogP contribution in [0.4, 0.5) is 16.2 Å². The first kappa shape index (κ1) is 17.2. The first-order valence-corrected chi connectivity index (χ1v) is 7.60. The lowest BCUT2D eigenvalue weighted by molar-refractivity contribution is -0.111. The molecule has 0 fully saturated rings. The number of pyridine rings is 1. The number of urea groups is 1. The molecule has 3 N–H and O–H groups in total. The van der Waals surface area contributed by atoms with Gasteiger partial charge in [-0.25, -0.2) is 4.79 Å². The number of rotatable bonds is 5. The van der Waals surface area contributed by atoms with Gasteiger partial charge in [-0.2, -0.15) is 0 Å². The minimum atomic E-state index is -0.264. The van der Waals surface area contributed by atoms with Gasteiger partial charge in [-0.1, -0.05) is 6.07 Å². The molecule has 2 rings (SSSR count). The smallest absolute Gasteiger partial charge is 0.319 e. The average molecular weight is 324 g/mol. The van der Waals surface area contributed by atoms with Crippen LogP contribution in [0.1, 0.15) is 19.5 Å². The summed E-state index contributed by atoms with van der Waals surface area (Å²) in [4.78, 5) is 27.6. The molecule has 1 aromatic heterocycles. The van der Waals surface area contributed by atoms with Crippen LogP contribution in [0.15, 0.2) is 54.7 Å². The molecule has 0 aliphatic carbocycles. The summed E-state index contributed by atoms with van der Waals surface area (Å²) in [6.45, 7) is 3.77. The van der Waals surface area contributed by atoms with Gasteiger partial charge in [-0.15, -0.1) is 0 Å². The fourth-order valence-corrected chi connectivity index (χ4v) is 1.89. The molecule has 1 heterocycles. The molecule has 2 aromatic rings. The number of hydrogen-bond donors (Lipinski definition) is 3. The minimum Gasteiger partial charge on any atom is -0.336 e. The Balaban J connectivity index is 1.88. The molecule has 0 saturated carbocycles. The SMILES string of the molecule is CC(C)NC(=O)Nc1ccc(NC(=O)/C=C/c2ccccn2)cc1. The van der Waals surface area contributed by atoms with E-state index in [9.17, 15) is 9.59 Å². The quantitative estimate of drug-likeness (QED) is 0.738. The molecule has 0 bridgehead atoms. The number of carbonyl (C=O) groups is 2. The highest BCUT2D eigenvalue weighted by atomic mass is 16.2. The second-order valence-electron chi connectivity index (χ2n) is 5.41. The Morgan fingerprint density at radius 1 is 1.00 bits per heavy atom. The molecule has 0 aliphatic rings. The van der Waals surface area contributed by atoms with Crippen LogP contribution in [0.25, 0.3) is 6.08 Å². The van der Waals surface area contributed by atoms with E-state index < -0.39 is 0 Å². The van der Waals surface area contributed by atoms with Gasteiger partial charge >= 0.3 is 6.03 Å². The van der Waals surface area contributed by atoms with Gasteiger partial charge in [0.15, 0.2) is 0 Å². The van der Waals surface area contributed by atoms with Crippen molar-refractivity contribution in [1.29, 1.82) is 0 Å². The number of nitrogens with zero attached hydrogens (tertiary/aromatic N) is 1. The number of benzene rings is 1. The van der Waals surface area contributed by atoms with Crippen LogP contribution in [0, 0.1) is 0 Å². The van der Waals surface area contributed by atoms with Gasteiger partial charge in [0.05, 0.1) is 5.69 Å². The van der Waals surface area contributed by atoms with Crippen LogP contribution in [0.2, 0.25) is 0 Å². The highest BCUT2D eigenvalue weighted by molar-refractivity contribution is 6.02. The lowest BCUT2D eigenvalue weighted by atomic mass is 10.2. The standard InChI is InChI=1S/C18H20N4O2/c1-13(2)20-18(24)22-16-8-6-15(7-9-16)21-17(23)11-10-14-5-3-4-12-19-14/h3-13H,1-2H3,(H,21,23)(H2,20,22,24)/b11-10+. The number of hydrogen-bond acceptors (Lipinski definition) is 3. The first-order valence-electron chi connectivity index (χ1n) is 7.60. The summed E-state index contributed by atoms with van der Waals surface area (Å²) in [7, 11) is 0. The third-order valence-electron chi connectivity index (χ3n) is 2.92. The van der Waals surface area contributed by atoms with Crippen molar-refractivity contribution in [3.8, 4) is 0 Å². The first-order chi connectivity index (χ1) is 11.5. The van der Waals surface area contributed by atoms with E-state index in [1.165, 1.54) is 6.08 Å². The van der Waals surface area contributed by atoms with Gasteiger partial charge in [0.25, 0.3) is 0 Å². The molecular weight excluding hydrogens is 304 g/mol. The van der Waals surface area contributed by atoms with Gasteiger partial charge < -0.3 is 16.0 Å². The van der Waals surface area contributed by atoms with Crippen LogP contribution in [-0.4, -0.2) is 23.0 Å². The third kappa shape index (κ3) is 5.92. The molecule has 0 atom stereocenters. The van der Waals surface area contributed by atoms with Crippen molar-refractivity contribution in [2.24, 2.45) is 0 Å². The maximum Gasteiger partial charge on any atom is 0.319 e. The number of nitrogens with one attached hydrogen (secondary N) is 3. The molecule has 0 aliphatic heterocycles. The van der Waals surface area contributed by atoms with E-state index in [-0.39, 0.29) is 18.0 Å². The molecule has 6 nitrogen and oxygen atoms in total. The Kier molecular flexibility index (Phi) is 6.08. The lowest BCUT2D eigenvalue weighted by Crippen LogP contribution is -2.34. The van der Waals surface area contributed by atoms with Gasteiger partial charge in [0.2, 0.25) is 5.91 Å². The Bertz CT molecular complexity index is 710. The molecule has 0 saturated heterocycles. The average Bonchev–Trinajstić information content (AvgIpc) is 2.55. The number of carbonyl (C=O) groups excluding carboxylic acids is 2. The summed E-state index contributed by atoms with van der Waals surface area (Å²) >= 11 is 0. The monoisotopic (exact) mass is 324 g/mol. The molecule has 0 radical (unpaired) electrons. The lowest BCUT2D eigenvalue weighted by Gasteiger charge is -2.10. The fraction of sp³-hybridized carbons (Fsp3) is 0.167. The summed E-state index contributed by atoms with van der Waals surface area (Å²) in [6, 6.07) is 12.2. The molecule has 124 valence electrons. The van der Waals surface area contributed by atoms with Crippen molar-refractivity contribution in [3.05, 3.63) is 60.4 Å². The topological polar surface area (TPSA) is 83.1 Å². The fourth-order valence-electron chi connectivity index (χ4n) is 1.89. The van der Waals surface area contributed by atoms with E-state index in [4.69, 9.17) is 0 Å². The van der Waals surface area contributed by atoms with Gasteiger partial charge in [-0.05, 0) is 56.3 Å². The molecule has 24 heavy (non-hydrogen) atoms. The zero-order chi connectivity index (χ0) is 17.4. The summed E-state index contributed by atoms with van der Waals surface area (Å²) < 4.78 is 0. The molecule has 0 unspecified atom stereocenters. The molecular formula is C18H20N4O2. The van der Waals surface area contributed by atoms with Crippen molar-refractivity contribution >= 4 is 29.4 Å². The van der Waals surface area contributed by atoms with Gasteiger partial charge in [-0.3, -0.25) is 9.78 Å². The Morgan fingerprint density at radius 3 is 2.25 bits per heavy atom. The van der Waals surface area contributed by atoms with E-state index in [0.29, 0.717) is 17.1 Å². The van der Waals surface area contributed by atoms with Crippen LogP contribution in [-0.2, 0) is 4.79 Å². The van der Waals surface area contributed by atoms with Gasteiger partial charge in [0.1, 0.15) is 0 Å². The van der Waals surface area contributed by atoms with E-state index in [0.717, 1.165) is 0 Å². The molecule has 1 aromatic carbocycles. The van der Waals surface area contributed by atoms with Crippen molar-refractivity contribution in [2.75, 3.05) is 10.6 Å². The normalized spacial score (nSPS) is 10.6. The Hall–Kier alpha value is -3.15. The second kappa shape index (κ2) is 8.47. The van der Waals surface area contributed by atoms with E-state index >= 15 is 0 Å². The zero-order valence-corrected chi connectivity index (χ0v) is 13.6. The summed E-state index contributed by atoms with van der Waals surface area (Å²) in [6.07, 6.45) is 4.73. The van der Waals surface area contributed by atoms with E-state index in [1.807, 2.05) is 32.0 Å². The highest BCUT2D eigenvalue weighted by Gasteiger charge is 2.03. The largest absolute Gasteiger partial charge is 0.336 e. The number of amides is 3. The molecule has 0 spiro atoms. The second-order valence-corrected chi connectivity index (χ2v) is 5.41. The van der Waals surface area contributed by atoms with E-state index in [2.05, 4.69) is 20.9 Å². The minimum absolute atomic E-state index is 0.0643. The highest BCUT2D eigenvalue weighted by Crippen LogP contribution is 2.13.